The third-order valence-corrected chi connectivity index (χ3v) is 2.62. The lowest BCUT2D eigenvalue weighted by Gasteiger charge is -2.01. The number of aromatic nitrogens is 1. The van der Waals surface area contributed by atoms with E-state index in [1.54, 1.807) is 0 Å². The second-order valence-electron chi connectivity index (χ2n) is 3.94. The van der Waals surface area contributed by atoms with Gasteiger partial charge in [0.2, 0.25) is 0 Å². The van der Waals surface area contributed by atoms with Crippen LogP contribution >= 0.6 is 0 Å². The highest BCUT2D eigenvalue weighted by Gasteiger charge is 2.17. The minimum atomic E-state index is -1.51. The summed E-state index contributed by atoms with van der Waals surface area (Å²) in [5.74, 6) is -3.51. The molecule has 0 unspecified atom stereocenters. The largest absolute Gasteiger partial charge is 0.441 e. The number of oxazole rings is 1. The summed E-state index contributed by atoms with van der Waals surface area (Å²) < 4.78 is 44.8. The quantitative estimate of drug-likeness (QED) is 0.670. The second kappa shape index (κ2) is 5.88. The van der Waals surface area contributed by atoms with Crippen LogP contribution in [0.15, 0.2) is 22.7 Å². The second-order valence-corrected chi connectivity index (χ2v) is 3.94. The Hall–Kier alpha value is -1.82. The fourth-order valence-corrected chi connectivity index (χ4v) is 1.64. The Kier molecular flexibility index (Phi) is 4.21. The topological polar surface area (TPSA) is 38.1 Å². The lowest BCUT2D eigenvalue weighted by molar-refractivity contribution is 0.444. The molecule has 1 aromatic heterocycles. The van der Waals surface area contributed by atoms with E-state index < -0.39 is 17.5 Å². The van der Waals surface area contributed by atoms with Crippen LogP contribution in [0.1, 0.15) is 12.8 Å². The van der Waals surface area contributed by atoms with Gasteiger partial charge < -0.3 is 9.73 Å². The van der Waals surface area contributed by atoms with Gasteiger partial charge in [-0.3, -0.25) is 0 Å². The molecule has 0 bridgehead atoms. The van der Waals surface area contributed by atoms with Gasteiger partial charge in [0, 0.05) is 13.0 Å². The first-order valence-electron chi connectivity index (χ1n) is 5.92. The van der Waals surface area contributed by atoms with Crippen LogP contribution in [0.5, 0.6) is 0 Å². The standard InChI is InChI=1S/C13H13F3N2O/c1-2-17-6-5-11-18-7-10(19-11)8-3-4-9(14)13(16)12(8)15/h3-4,7,17H,2,5-6H2,1H3. The smallest absolute Gasteiger partial charge is 0.196 e. The van der Waals surface area contributed by atoms with Crippen LogP contribution in [0.3, 0.4) is 0 Å². The summed E-state index contributed by atoms with van der Waals surface area (Å²) in [5, 5.41) is 3.09. The number of benzene rings is 1. The number of likely N-dealkylation sites (N-methyl/N-ethyl adjacent to an activating group) is 1. The Morgan fingerprint density at radius 2 is 2.00 bits per heavy atom. The first kappa shape index (κ1) is 13.6. The van der Waals surface area contributed by atoms with Gasteiger partial charge in [-0.1, -0.05) is 6.92 Å². The van der Waals surface area contributed by atoms with Crippen molar-refractivity contribution in [1.82, 2.24) is 10.3 Å². The molecule has 1 aromatic carbocycles. The van der Waals surface area contributed by atoms with Crippen LogP contribution in [0.25, 0.3) is 11.3 Å². The minimum absolute atomic E-state index is 0.0860. The Labute approximate surface area is 108 Å². The first-order chi connectivity index (χ1) is 9.13. The van der Waals surface area contributed by atoms with Gasteiger partial charge >= 0.3 is 0 Å². The Bertz CT molecular complexity index is 569. The van der Waals surface area contributed by atoms with Crippen LogP contribution in [0, 0.1) is 17.5 Å². The third kappa shape index (κ3) is 2.96. The van der Waals surface area contributed by atoms with Gasteiger partial charge in [0.05, 0.1) is 11.8 Å². The molecule has 0 aliphatic carbocycles. The summed E-state index contributed by atoms with van der Waals surface area (Å²) in [5.41, 5.74) is -0.138. The van der Waals surface area contributed by atoms with Crippen molar-refractivity contribution >= 4 is 0 Å². The molecule has 102 valence electrons. The van der Waals surface area contributed by atoms with Crippen LogP contribution in [0.2, 0.25) is 0 Å². The maximum absolute atomic E-state index is 13.5. The average Bonchev–Trinajstić information content (AvgIpc) is 2.85. The summed E-state index contributed by atoms with van der Waals surface area (Å²) in [6, 6.07) is 1.98. The van der Waals surface area contributed by atoms with Gasteiger partial charge in [-0.2, -0.15) is 0 Å². The highest BCUT2D eigenvalue weighted by molar-refractivity contribution is 5.57. The Morgan fingerprint density at radius 3 is 2.74 bits per heavy atom. The predicted octanol–water partition coefficient (Wildman–Crippen LogP) is 2.91. The zero-order valence-corrected chi connectivity index (χ0v) is 10.3. The molecule has 0 amide bonds. The maximum Gasteiger partial charge on any atom is 0.196 e. The van der Waals surface area contributed by atoms with E-state index in [0.717, 1.165) is 18.7 Å². The van der Waals surface area contributed by atoms with Crippen LogP contribution in [-0.4, -0.2) is 18.1 Å². The van der Waals surface area contributed by atoms with E-state index in [1.807, 2.05) is 6.92 Å². The fraction of sp³-hybridized carbons (Fsp3) is 0.308. The fourth-order valence-electron chi connectivity index (χ4n) is 1.64. The molecule has 0 saturated carbocycles. The molecule has 19 heavy (non-hydrogen) atoms. The van der Waals surface area contributed by atoms with Crippen molar-refractivity contribution in [3.8, 4) is 11.3 Å². The predicted molar refractivity (Wildman–Crippen MR) is 64.1 cm³/mol. The zero-order chi connectivity index (χ0) is 13.8. The number of hydrogen-bond donors (Lipinski definition) is 1. The molecule has 0 atom stereocenters. The van der Waals surface area contributed by atoms with Gasteiger partial charge in [0.1, 0.15) is 0 Å². The molecule has 0 saturated heterocycles. The van der Waals surface area contributed by atoms with Gasteiger partial charge in [-0.05, 0) is 18.7 Å². The molecule has 0 spiro atoms. The normalized spacial score (nSPS) is 10.9. The molecule has 1 heterocycles. The lowest BCUT2D eigenvalue weighted by atomic mass is 10.1. The highest BCUT2D eigenvalue weighted by Crippen LogP contribution is 2.26. The molecule has 0 aliphatic heterocycles. The van der Waals surface area contributed by atoms with E-state index in [0.29, 0.717) is 18.9 Å². The van der Waals surface area contributed by atoms with E-state index in [4.69, 9.17) is 4.42 Å². The average molecular weight is 270 g/mol. The highest BCUT2D eigenvalue weighted by atomic mass is 19.2. The molecule has 1 N–H and O–H groups in total. The van der Waals surface area contributed by atoms with Crippen molar-refractivity contribution in [2.45, 2.75) is 13.3 Å². The Morgan fingerprint density at radius 1 is 1.21 bits per heavy atom. The molecule has 2 aromatic rings. The molecule has 6 heteroatoms. The first-order valence-corrected chi connectivity index (χ1v) is 5.92. The van der Waals surface area contributed by atoms with Gasteiger partial charge in [-0.25, -0.2) is 18.2 Å². The van der Waals surface area contributed by atoms with Crippen LogP contribution in [-0.2, 0) is 6.42 Å². The number of nitrogens with one attached hydrogen (secondary N) is 1. The number of rotatable bonds is 5. The molecular formula is C13H13F3N2O. The Balaban J connectivity index is 2.21. The van der Waals surface area contributed by atoms with Gasteiger partial charge in [0.15, 0.2) is 29.1 Å². The number of hydrogen-bond acceptors (Lipinski definition) is 3. The van der Waals surface area contributed by atoms with Crippen LogP contribution in [0.4, 0.5) is 13.2 Å². The minimum Gasteiger partial charge on any atom is -0.441 e. The van der Waals surface area contributed by atoms with Crippen molar-refractivity contribution < 1.29 is 17.6 Å². The van der Waals surface area contributed by atoms with Crippen molar-refractivity contribution in [1.29, 1.82) is 0 Å². The summed E-state index contributed by atoms with van der Waals surface area (Å²) in [7, 11) is 0. The maximum atomic E-state index is 13.5. The summed E-state index contributed by atoms with van der Waals surface area (Å²) >= 11 is 0. The van der Waals surface area contributed by atoms with Gasteiger partial charge in [-0.15, -0.1) is 0 Å². The summed E-state index contributed by atoms with van der Waals surface area (Å²) in [6.07, 6.45) is 1.84. The molecule has 0 radical (unpaired) electrons. The number of halogens is 3. The zero-order valence-electron chi connectivity index (χ0n) is 10.3. The number of nitrogens with zero attached hydrogens (tertiary/aromatic N) is 1. The van der Waals surface area contributed by atoms with E-state index >= 15 is 0 Å². The molecule has 2 rings (SSSR count). The summed E-state index contributed by atoms with van der Waals surface area (Å²) in [6.45, 7) is 3.47. The van der Waals surface area contributed by atoms with Crippen molar-refractivity contribution in [3.05, 3.63) is 41.7 Å². The molecule has 0 aliphatic rings. The molecule has 0 fully saturated rings. The monoisotopic (exact) mass is 270 g/mol. The van der Waals surface area contributed by atoms with Crippen LogP contribution < -0.4 is 5.32 Å². The molecule has 3 nitrogen and oxygen atoms in total. The molecular weight excluding hydrogens is 257 g/mol. The van der Waals surface area contributed by atoms with E-state index in [-0.39, 0.29) is 11.3 Å². The van der Waals surface area contributed by atoms with Crippen molar-refractivity contribution in [3.63, 3.8) is 0 Å². The van der Waals surface area contributed by atoms with E-state index in [1.165, 1.54) is 6.20 Å². The third-order valence-electron chi connectivity index (χ3n) is 2.62. The van der Waals surface area contributed by atoms with Crippen molar-refractivity contribution in [2.75, 3.05) is 13.1 Å². The van der Waals surface area contributed by atoms with E-state index in [9.17, 15) is 13.2 Å². The lowest BCUT2D eigenvalue weighted by Crippen LogP contribution is -2.16. The SMILES string of the molecule is CCNCCc1ncc(-c2ccc(F)c(F)c2F)o1. The van der Waals surface area contributed by atoms with E-state index in [2.05, 4.69) is 10.3 Å². The van der Waals surface area contributed by atoms with Crippen molar-refractivity contribution in [2.24, 2.45) is 0 Å². The van der Waals surface area contributed by atoms with Gasteiger partial charge in [0.25, 0.3) is 0 Å². The summed E-state index contributed by atoms with van der Waals surface area (Å²) in [4.78, 5) is 3.97.